The number of thioether (sulfide) groups is 1. The molecule has 1 aromatic heterocycles. The molecule has 1 amide bonds. The normalized spacial score (nSPS) is 17.7. The predicted molar refractivity (Wildman–Crippen MR) is 89.5 cm³/mol. The average Bonchev–Trinajstić information content (AvgIpc) is 3.13. The lowest BCUT2D eigenvalue weighted by atomic mass is 10.2. The number of rotatable bonds is 4. The van der Waals surface area contributed by atoms with Gasteiger partial charge in [-0.25, -0.2) is 4.98 Å². The Hall–Kier alpha value is -1.57. The number of carbonyl (C=O) groups excluding carboxylic acids is 1. The molecule has 1 aromatic carbocycles. The van der Waals surface area contributed by atoms with Gasteiger partial charge in [0.05, 0.1) is 11.7 Å². The molecular weight excluding hydrogens is 304 g/mol. The van der Waals surface area contributed by atoms with Crippen LogP contribution in [0.5, 0.6) is 0 Å². The number of benzene rings is 1. The van der Waals surface area contributed by atoms with Crippen molar-refractivity contribution < 1.29 is 4.79 Å². The van der Waals surface area contributed by atoms with E-state index in [0.717, 1.165) is 33.8 Å². The molecule has 7 heteroatoms. The molecule has 5 nitrogen and oxygen atoms in total. The Morgan fingerprint density at radius 2 is 2.10 bits per heavy atom. The SMILES string of the molecule is Cc1csc(Nc2ccc(NC(=O)C3CSCN3)cc2)n1. The molecule has 1 unspecified atom stereocenters. The van der Waals surface area contributed by atoms with E-state index in [-0.39, 0.29) is 11.9 Å². The van der Waals surface area contributed by atoms with Gasteiger partial charge in [0.1, 0.15) is 0 Å². The summed E-state index contributed by atoms with van der Waals surface area (Å²) in [7, 11) is 0. The summed E-state index contributed by atoms with van der Waals surface area (Å²) in [5, 5.41) is 12.2. The third-order valence-electron chi connectivity index (χ3n) is 3.06. The van der Waals surface area contributed by atoms with Crippen LogP contribution in [0.1, 0.15) is 5.69 Å². The molecule has 0 bridgehead atoms. The van der Waals surface area contributed by atoms with Crippen molar-refractivity contribution >= 4 is 45.5 Å². The van der Waals surface area contributed by atoms with Gasteiger partial charge in [-0.05, 0) is 31.2 Å². The third-order valence-corrected chi connectivity index (χ3v) is 4.87. The van der Waals surface area contributed by atoms with Crippen LogP contribution in [0.3, 0.4) is 0 Å². The molecule has 1 saturated heterocycles. The fourth-order valence-corrected chi connectivity index (χ4v) is 3.61. The van der Waals surface area contributed by atoms with Crippen LogP contribution >= 0.6 is 23.1 Å². The number of thiazole rings is 1. The van der Waals surface area contributed by atoms with E-state index in [1.807, 2.05) is 36.6 Å². The molecule has 0 aliphatic carbocycles. The first kappa shape index (κ1) is 14.4. The van der Waals surface area contributed by atoms with E-state index >= 15 is 0 Å². The molecule has 0 spiro atoms. The number of aryl methyl sites for hydroxylation is 1. The molecule has 21 heavy (non-hydrogen) atoms. The molecule has 2 aromatic rings. The van der Waals surface area contributed by atoms with Crippen molar-refractivity contribution in [3.05, 3.63) is 35.3 Å². The maximum Gasteiger partial charge on any atom is 0.242 e. The van der Waals surface area contributed by atoms with Crippen LogP contribution in [0.15, 0.2) is 29.6 Å². The fraction of sp³-hybridized carbons (Fsp3) is 0.286. The Balaban J connectivity index is 1.59. The van der Waals surface area contributed by atoms with E-state index in [1.165, 1.54) is 0 Å². The standard InChI is InChI=1S/C14H16N4OS2/c1-9-6-21-14(16-9)18-11-4-2-10(3-5-11)17-13(19)12-7-20-8-15-12/h2-6,12,15H,7-8H2,1H3,(H,16,18)(H,17,19). The number of nitrogens with one attached hydrogen (secondary N) is 3. The second-order valence-corrected chi connectivity index (χ2v) is 6.65. The van der Waals surface area contributed by atoms with Crippen molar-refractivity contribution in [2.45, 2.75) is 13.0 Å². The molecule has 3 N–H and O–H groups in total. The van der Waals surface area contributed by atoms with Gasteiger partial charge in [-0.1, -0.05) is 0 Å². The molecule has 110 valence electrons. The number of carbonyl (C=O) groups is 1. The molecule has 1 atom stereocenters. The van der Waals surface area contributed by atoms with Gasteiger partial charge in [0.25, 0.3) is 0 Å². The number of amides is 1. The Bertz CT molecular complexity index is 620. The van der Waals surface area contributed by atoms with Crippen molar-refractivity contribution in [3.63, 3.8) is 0 Å². The Labute approximate surface area is 131 Å². The minimum Gasteiger partial charge on any atom is -0.332 e. The minimum atomic E-state index is -0.0916. The first-order valence-corrected chi connectivity index (χ1v) is 8.65. The van der Waals surface area contributed by atoms with Crippen molar-refractivity contribution in [1.82, 2.24) is 10.3 Å². The van der Waals surface area contributed by atoms with E-state index in [2.05, 4.69) is 20.9 Å². The van der Waals surface area contributed by atoms with E-state index in [0.29, 0.717) is 0 Å². The highest BCUT2D eigenvalue weighted by molar-refractivity contribution is 7.99. The van der Waals surface area contributed by atoms with Crippen molar-refractivity contribution in [2.24, 2.45) is 0 Å². The van der Waals surface area contributed by atoms with Crippen molar-refractivity contribution in [1.29, 1.82) is 0 Å². The Morgan fingerprint density at radius 1 is 1.33 bits per heavy atom. The predicted octanol–water partition coefficient (Wildman–Crippen LogP) is 2.80. The molecule has 2 heterocycles. The highest BCUT2D eigenvalue weighted by Gasteiger charge is 2.22. The van der Waals surface area contributed by atoms with Crippen molar-refractivity contribution in [3.8, 4) is 0 Å². The van der Waals surface area contributed by atoms with E-state index in [1.54, 1.807) is 23.1 Å². The number of aromatic nitrogens is 1. The number of nitrogens with zero attached hydrogens (tertiary/aromatic N) is 1. The molecule has 3 rings (SSSR count). The zero-order chi connectivity index (χ0) is 14.7. The van der Waals surface area contributed by atoms with Crippen LogP contribution in [-0.2, 0) is 4.79 Å². The van der Waals surface area contributed by atoms with Gasteiger partial charge in [-0.3, -0.25) is 10.1 Å². The maximum absolute atomic E-state index is 12.0. The van der Waals surface area contributed by atoms with Crippen LogP contribution < -0.4 is 16.0 Å². The summed E-state index contributed by atoms with van der Waals surface area (Å²) in [5.41, 5.74) is 2.77. The van der Waals surface area contributed by atoms with Gasteiger partial charge in [0, 0.05) is 28.4 Å². The third kappa shape index (κ3) is 3.75. The fourth-order valence-electron chi connectivity index (χ4n) is 1.96. The smallest absolute Gasteiger partial charge is 0.242 e. The maximum atomic E-state index is 12.0. The van der Waals surface area contributed by atoms with Gasteiger partial charge in [-0.2, -0.15) is 0 Å². The lowest BCUT2D eigenvalue weighted by Gasteiger charge is -2.11. The van der Waals surface area contributed by atoms with Crippen LogP contribution in [0.4, 0.5) is 16.5 Å². The lowest BCUT2D eigenvalue weighted by Crippen LogP contribution is -2.37. The highest BCUT2D eigenvalue weighted by atomic mass is 32.2. The summed E-state index contributed by atoms with van der Waals surface area (Å²) in [6.07, 6.45) is 0. The second kappa shape index (κ2) is 6.46. The van der Waals surface area contributed by atoms with Crippen LogP contribution in [-0.4, -0.2) is 28.6 Å². The Kier molecular flexibility index (Phi) is 4.42. The summed E-state index contributed by atoms with van der Waals surface area (Å²) in [5.74, 6) is 1.69. The zero-order valence-corrected chi connectivity index (χ0v) is 13.2. The summed E-state index contributed by atoms with van der Waals surface area (Å²) in [4.78, 5) is 16.3. The molecular formula is C14H16N4OS2. The van der Waals surface area contributed by atoms with Gasteiger partial charge in [0.2, 0.25) is 5.91 Å². The number of hydrogen-bond acceptors (Lipinski definition) is 6. The van der Waals surface area contributed by atoms with Crippen LogP contribution in [0.25, 0.3) is 0 Å². The largest absolute Gasteiger partial charge is 0.332 e. The topological polar surface area (TPSA) is 66.0 Å². The quantitative estimate of drug-likeness (QED) is 0.808. The first-order valence-electron chi connectivity index (χ1n) is 6.62. The average molecular weight is 320 g/mol. The molecule has 1 fully saturated rings. The first-order chi connectivity index (χ1) is 10.2. The van der Waals surface area contributed by atoms with E-state index in [9.17, 15) is 4.79 Å². The molecule has 0 radical (unpaired) electrons. The molecule has 1 aliphatic rings. The zero-order valence-electron chi connectivity index (χ0n) is 11.6. The lowest BCUT2D eigenvalue weighted by molar-refractivity contribution is -0.117. The Morgan fingerprint density at radius 3 is 2.71 bits per heavy atom. The molecule has 0 saturated carbocycles. The molecule has 1 aliphatic heterocycles. The highest BCUT2D eigenvalue weighted by Crippen LogP contribution is 2.22. The minimum absolute atomic E-state index is 0.0243. The number of anilines is 3. The summed E-state index contributed by atoms with van der Waals surface area (Å²) in [6.45, 7) is 1.97. The summed E-state index contributed by atoms with van der Waals surface area (Å²) in [6, 6.07) is 7.56. The number of hydrogen-bond donors (Lipinski definition) is 3. The second-order valence-electron chi connectivity index (χ2n) is 4.76. The van der Waals surface area contributed by atoms with Gasteiger partial charge in [-0.15, -0.1) is 23.1 Å². The van der Waals surface area contributed by atoms with Gasteiger partial charge < -0.3 is 10.6 Å². The van der Waals surface area contributed by atoms with Crippen LogP contribution in [0, 0.1) is 6.92 Å². The summed E-state index contributed by atoms with van der Waals surface area (Å²) < 4.78 is 0. The van der Waals surface area contributed by atoms with Gasteiger partial charge >= 0.3 is 0 Å². The van der Waals surface area contributed by atoms with Gasteiger partial charge in [0.15, 0.2) is 5.13 Å². The van der Waals surface area contributed by atoms with Crippen LogP contribution in [0.2, 0.25) is 0 Å². The van der Waals surface area contributed by atoms with E-state index in [4.69, 9.17) is 0 Å². The summed E-state index contributed by atoms with van der Waals surface area (Å²) >= 11 is 3.31. The van der Waals surface area contributed by atoms with E-state index < -0.39 is 0 Å². The van der Waals surface area contributed by atoms with Crippen molar-refractivity contribution in [2.75, 3.05) is 22.3 Å². The monoisotopic (exact) mass is 320 g/mol.